The number of carbonyl (C=O) groups is 2. The molecular weight excluding hydrogens is 602 g/mol. The maximum absolute atomic E-state index is 12.9. The number of aromatic nitrogens is 2. The summed E-state index contributed by atoms with van der Waals surface area (Å²) in [6.07, 6.45) is 20.6. The first kappa shape index (κ1) is 38.2. The van der Waals surface area contributed by atoms with Gasteiger partial charge in [0.15, 0.2) is 0 Å². The molecule has 2 aliphatic rings. The molecule has 0 amide bonds. The van der Waals surface area contributed by atoms with E-state index < -0.39 is 11.8 Å². The van der Waals surface area contributed by atoms with Crippen LogP contribution in [0.1, 0.15) is 149 Å². The Balaban J connectivity index is 1.32. The maximum atomic E-state index is 12.9. The highest BCUT2D eigenvalue weighted by molar-refractivity contribution is 6.99. The number of hydrogen-bond donors (Lipinski definition) is 0. The molecule has 0 N–H and O–H groups in total. The van der Waals surface area contributed by atoms with Crippen LogP contribution < -0.4 is 4.74 Å². The first-order chi connectivity index (χ1) is 22.1. The van der Waals surface area contributed by atoms with Crippen molar-refractivity contribution in [2.75, 3.05) is 33.4 Å². The first-order valence-electron chi connectivity index (χ1n) is 18.2. The maximum Gasteiger partial charge on any atom is 0.512 e. The van der Waals surface area contributed by atoms with Crippen LogP contribution in [0.4, 0.5) is 4.79 Å². The van der Waals surface area contributed by atoms with Gasteiger partial charge in [0.25, 0.3) is 5.88 Å². The van der Waals surface area contributed by atoms with E-state index in [1.807, 2.05) is 20.8 Å². The number of quaternary nitrogens is 1. The summed E-state index contributed by atoms with van der Waals surface area (Å²) in [5.41, 5.74) is 1.58. The van der Waals surface area contributed by atoms with Crippen LogP contribution in [0.15, 0.2) is 6.08 Å². The molecule has 9 nitrogen and oxygen atoms in total. The number of unbranched alkanes of at least 4 members (excludes halogenated alkanes) is 11. The SMILES string of the molecule is CCCCCCOc1nsnc1C1=CCC[N+](C)(C(OC(=O)OCCCCCCCCCCCC(=O)OC(C)(C)C)C2CCC2)C1. The molecule has 1 fully saturated rings. The molecule has 1 aliphatic carbocycles. The molecule has 0 bridgehead atoms. The molecule has 1 aromatic rings. The summed E-state index contributed by atoms with van der Waals surface area (Å²) in [6, 6.07) is 0. The van der Waals surface area contributed by atoms with Gasteiger partial charge in [0.05, 0.1) is 38.5 Å². The van der Waals surface area contributed by atoms with Gasteiger partial charge in [-0.25, -0.2) is 4.79 Å². The van der Waals surface area contributed by atoms with Crippen molar-refractivity contribution in [2.45, 2.75) is 155 Å². The lowest BCUT2D eigenvalue weighted by atomic mass is 9.82. The van der Waals surface area contributed by atoms with E-state index in [4.69, 9.17) is 18.9 Å². The lowest BCUT2D eigenvalue weighted by Crippen LogP contribution is -2.60. The minimum absolute atomic E-state index is 0.0946. The third-order valence-corrected chi connectivity index (χ3v) is 9.62. The molecule has 262 valence electrons. The van der Waals surface area contributed by atoms with Crippen LogP contribution in [0.2, 0.25) is 0 Å². The van der Waals surface area contributed by atoms with Crippen molar-refractivity contribution in [1.29, 1.82) is 0 Å². The number of ether oxygens (including phenoxy) is 4. The number of esters is 1. The van der Waals surface area contributed by atoms with Gasteiger partial charge in [-0.2, -0.15) is 4.37 Å². The summed E-state index contributed by atoms with van der Waals surface area (Å²) < 4.78 is 32.8. The van der Waals surface area contributed by atoms with E-state index in [0.717, 1.165) is 88.6 Å². The topological polar surface area (TPSA) is 96.8 Å². The summed E-state index contributed by atoms with van der Waals surface area (Å²) in [6.45, 7) is 10.6. The highest BCUT2D eigenvalue weighted by Crippen LogP contribution is 2.39. The number of rotatable bonds is 22. The van der Waals surface area contributed by atoms with Gasteiger partial charge in [0, 0.05) is 24.3 Å². The smallest absolute Gasteiger partial charge is 0.475 e. The van der Waals surface area contributed by atoms with Gasteiger partial charge >= 0.3 is 12.1 Å². The number of nitrogens with zero attached hydrogens (tertiary/aromatic N) is 3. The summed E-state index contributed by atoms with van der Waals surface area (Å²) in [5.74, 6) is 0.900. The molecule has 2 unspecified atom stereocenters. The zero-order valence-corrected chi connectivity index (χ0v) is 30.3. The molecule has 0 spiro atoms. The van der Waals surface area contributed by atoms with Crippen LogP contribution in [0, 0.1) is 5.92 Å². The molecule has 1 aromatic heterocycles. The Morgan fingerprint density at radius 3 is 2.24 bits per heavy atom. The highest BCUT2D eigenvalue weighted by atomic mass is 32.1. The Morgan fingerprint density at radius 2 is 1.59 bits per heavy atom. The van der Waals surface area contributed by atoms with Crippen LogP contribution in [0.3, 0.4) is 0 Å². The van der Waals surface area contributed by atoms with Crippen molar-refractivity contribution in [3.05, 3.63) is 11.8 Å². The molecule has 2 atom stereocenters. The largest absolute Gasteiger partial charge is 0.512 e. The lowest BCUT2D eigenvalue weighted by molar-refractivity contribution is -0.952. The van der Waals surface area contributed by atoms with Crippen LogP contribution >= 0.6 is 11.7 Å². The van der Waals surface area contributed by atoms with Crippen molar-refractivity contribution in [3.63, 3.8) is 0 Å². The fourth-order valence-electron chi connectivity index (χ4n) is 6.37. The Hall–Kier alpha value is -2.20. The second-order valence-corrected chi connectivity index (χ2v) is 15.1. The van der Waals surface area contributed by atoms with Crippen LogP contribution in [-0.4, -0.2) is 70.5 Å². The molecule has 1 aliphatic heterocycles. The summed E-state index contributed by atoms with van der Waals surface area (Å²) >= 11 is 1.20. The second kappa shape index (κ2) is 20.2. The number of likely N-dealkylation sites (N-methyl/N-ethyl adjacent to an activating group) is 1. The molecule has 1 saturated carbocycles. The number of carbonyl (C=O) groups excluding carboxylic acids is 2. The third-order valence-electron chi connectivity index (χ3n) is 9.11. The van der Waals surface area contributed by atoms with Crippen LogP contribution in [-0.2, 0) is 19.0 Å². The van der Waals surface area contributed by atoms with Crippen molar-refractivity contribution in [2.24, 2.45) is 5.92 Å². The van der Waals surface area contributed by atoms with Gasteiger partial charge in [-0.05, 0) is 52.9 Å². The molecular formula is C36H62N3O6S+. The fourth-order valence-corrected chi connectivity index (χ4v) is 6.90. The second-order valence-electron chi connectivity index (χ2n) is 14.5. The quantitative estimate of drug-likeness (QED) is 0.0688. The third kappa shape index (κ3) is 13.9. The van der Waals surface area contributed by atoms with E-state index >= 15 is 0 Å². The molecule has 2 heterocycles. The average molecular weight is 665 g/mol. The van der Waals surface area contributed by atoms with Gasteiger partial charge in [-0.3, -0.25) is 9.28 Å². The molecule has 3 rings (SSSR count). The summed E-state index contributed by atoms with van der Waals surface area (Å²) in [7, 11) is 2.20. The predicted molar refractivity (Wildman–Crippen MR) is 184 cm³/mol. The minimum Gasteiger partial charge on any atom is -0.475 e. The summed E-state index contributed by atoms with van der Waals surface area (Å²) in [5, 5.41) is 0. The Kier molecular flexibility index (Phi) is 16.8. The molecule has 0 radical (unpaired) electrons. The number of hydrogen-bond acceptors (Lipinski definition) is 9. The van der Waals surface area contributed by atoms with Gasteiger partial charge in [0.2, 0.25) is 6.23 Å². The Morgan fingerprint density at radius 1 is 0.935 bits per heavy atom. The average Bonchev–Trinajstić information content (AvgIpc) is 3.44. The standard InChI is InChI=1S/C36H62N3O6S/c1-6-7-8-17-26-42-33-32(37-46-38-33)30-23-20-25-39(5,28-30)34(29-21-19-22-29)44-35(41)43-27-18-15-13-11-9-10-12-14-16-24-31(40)45-36(2,3)4/h23,29,34H,6-22,24-28H2,1-5H3/q+1. The van der Waals surface area contributed by atoms with E-state index in [-0.39, 0.29) is 12.2 Å². The summed E-state index contributed by atoms with van der Waals surface area (Å²) in [4.78, 5) is 24.7. The van der Waals surface area contributed by atoms with Crippen LogP contribution in [0.5, 0.6) is 5.88 Å². The van der Waals surface area contributed by atoms with E-state index in [1.54, 1.807) is 0 Å². The van der Waals surface area contributed by atoms with Gasteiger partial charge in [0.1, 0.15) is 17.8 Å². The van der Waals surface area contributed by atoms with E-state index in [0.29, 0.717) is 35.9 Å². The Labute approximate surface area is 282 Å². The normalized spacial score (nSPS) is 19.2. The van der Waals surface area contributed by atoms with E-state index in [2.05, 4.69) is 28.8 Å². The minimum atomic E-state index is -0.537. The van der Waals surface area contributed by atoms with Crippen molar-refractivity contribution >= 4 is 29.4 Å². The van der Waals surface area contributed by atoms with Crippen molar-refractivity contribution in [1.82, 2.24) is 8.75 Å². The van der Waals surface area contributed by atoms with Gasteiger partial charge in [-0.1, -0.05) is 83.6 Å². The molecule has 46 heavy (non-hydrogen) atoms. The lowest BCUT2D eigenvalue weighted by Gasteiger charge is -2.47. The van der Waals surface area contributed by atoms with E-state index in [9.17, 15) is 9.59 Å². The van der Waals surface area contributed by atoms with Crippen molar-refractivity contribution < 1.29 is 33.0 Å². The van der Waals surface area contributed by atoms with Crippen molar-refractivity contribution in [3.8, 4) is 5.88 Å². The fraction of sp³-hybridized carbons (Fsp3) is 0.833. The zero-order valence-electron chi connectivity index (χ0n) is 29.5. The Bertz CT molecular complexity index is 1070. The first-order valence-corrected chi connectivity index (χ1v) is 18.9. The van der Waals surface area contributed by atoms with Gasteiger partial charge < -0.3 is 18.9 Å². The zero-order chi connectivity index (χ0) is 33.3. The predicted octanol–water partition coefficient (Wildman–Crippen LogP) is 9.25. The van der Waals surface area contributed by atoms with E-state index in [1.165, 1.54) is 56.7 Å². The molecule has 0 saturated heterocycles. The monoisotopic (exact) mass is 664 g/mol. The molecule has 0 aromatic carbocycles. The highest BCUT2D eigenvalue weighted by Gasteiger charge is 2.46. The molecule has 10 heteroatoms. The van der Waals surface area contributed by atoms with Crippen LogP contribution in [0.25, 0.3) is 5.57 Å². The van der Waals surface area contributed by atoms with Gasteiger partial charge in [-0.15, -0.1) is 4.37 Å².